The summed E-state index contributed by atoms with van der Waals surface area (Å²) in [5, 5.41) is 4.91. The van der Waals surface area contributed by atoms with Gasteiger partial charge in [0, 0.05) is 23.9 Å². The van der Waals surface area contributed by atoms with Gasteiger partial charge in [-0.2, -0.15) is 0 Å². The van der Waals surface area contributed by atoms with Crippen molar-refractivity contribution in [2.24, 2.45) is 11.8 Å². The predicted molar refractivity (Wildman–Crippen MR) is 103 cm³/mol. The first kappa shape index (κ1) is 18.7. The highest BCUT2D eigenvalue weighted by Gasteiger charge is 2.47. The van der Waals surface area contributed by atoms with Crippen molar-refractivity contribution in [3.05, 3.63) is 35.5 Å². The number of thiazole rings is 1. The molecule has 1 aromatic heterocycles. The molecular formula is C20H20FN3O3S. The smallest absolute Gasteiger partial charge is 0.233 e. The quantitative estimate of drug-likeness (QED) is 0.779. The summed E-state index contributed by atoms with van der Waals surface area (Å²) in [6, 6.07) is 5.96. The molecule has 4 rings (SSSR count). The van der Waals surface area contributed by atoms with Gasteiger partial charge in [-0.1, -0.05) is 12.8 Å². The molecule has 2 atom stereocenters. The molecule has 2 aliphatic rings. The second-order valence-corrected chi connectivity index (χ2v) is 8.03. The van der Waals surface area contributed by atoms with Gasteiger partial charge in [0.1, 0.15) is 5.82 Å². The van der Waals surface area contributed by atoms with E-state index >= 15 is 0 Å². The highest BCUT2D eigenvalue weighted by Crippen LogP contribution is 2.38. The highest BCUT2D eigenvalue weighted by molar-refractivity contribution is 7.14. The third-order valence-electron chi connectivity index (χ3n) is 5.39. The maximum atomic E-state index is 13.0. The molecule has 1 saturated heterocycles. The largest absolute Gasteiger partial charge is 0.302 e. The molecular weight excluding hydrogens is 381 g/mol. The fourth-order valence-electron chi connectivity index (χ4n) is 3.93. The SMILES string of the molecule is O=C(CCN1C(=O)[C@@H]2CCCC[C@H]2C1=O)Nc1nc(-c2ccc(F)cc2)cs1. The molecule has 28 heavy (non-hydrogen) atoms. The number of imide groups is 1. The number of hydrogen-bond donors (Lipinski definition) is 1. The Morgan fingerprint density at radius 1 is 1.14 bits per heavy atom. The molecule has 2 aromatic rings. The zero-order valence-corrected chi connectivity index (χ0v) is 16.0. The number of fused-ring (bicyclic) bond motifs is 1. The van der Waals surface area contributed by atoms with Crippen LogP contribution in [-0.2, 0) is 14.4 Å². The minimum absolute atomic E-state index is 0.0440. The molecule has 0 spiro atoms. The van der Waals surface area contributed by atoms with E-state index in [9.17, 15) is 18.8 Å². The van der Waals surface area contributed by atoms with Crippen molar-refractivity contribution in [3.8, 4) is 11.3 Å². The second kappa shape index (κ2) is 7.79. The molecule has 6 nitrogen and oxygen atoms in total. The third kappa shape index (κ3) is 3.69. The highest BCUT2D eigenvalue weighted by atomic mass is 32.1. The molecule has 0 bridgehead atoms. The van der Waals surface area contributed by atoms with Crippen LogP contribution in [0.3, 0.4) is 0 Å². The summed E-state index contributed by atoms with van der Waals surface area (Å²) in [5.41, 5.74) is 1.41. The Bertz CT molecular complexity index is 888. The van der Waals surface area contributed by atoms with Gasteiger partial charge in [0.15, 0.2) is 5.13 Å². The zero-order valence-electron chi connectivity index (χ0n) is 15.2. The van der Waals surface area contributed by atoms with E-state index < -0.39 is 0 Å². The Labute approximate surface area is 165 Å². The van der Waals surface area contributed by atoms with E-state index in [1.165, 1.54) is 28.4 Å². The summed E-state index contributed by atoms with van der Waals surface area (Å²) in [6.45, 7) is 0.104. The number of hydrogen-bond acceptors (Lipinski definition) is 5. The average Bonchev–Trinajstić information content (AvgIpc) is 3.25. The minimum Gasteiger partial charge on any atom is -0.302 e. The standard InChI is InChI=1S/C20H20FN3O3S/c21-13-7-5-12(6-8-13)16-11-28-20(22-16)23-17(25)9-10-24-18(26)14-3-1-2-4-15(14)19(24)27/h5-8,11,14-15H,1-4,9-10H2,(H,22,23,25)/t14-,15-/m1/s1. The van der Waals surface area contributed by atoms with E-state index in [0.717, 1.165) is 31.2 Å². The molecule has 1 saturated carbocycles. The number of amides is 3. The number of carbonyl (C=O) groups is 3. The molecule has 0 radical (unpaired) electrons. The summed E-state index contributed by atoms with van der Waals surface area (Å²) in [4.78, 5) is 42.7. The maximum absolute atomic E-state index is 13.0. The summed E-state index contributed by atoms with van der Waals surface area (Å²) < 4.78 is 13.0. The number of halogens is 1. The fraction of sp³-hybridized carbons (Fsp3) is 0.400. The Kier molecular flexibility index (Phi) is 5.21. The monoisotopic (exact) mass is 401 g/mol. The maximum Gasteiger partial charge on any atom is 0.233 e. The average molecular weight is 401 g/mol. The molecule has 0 unspecified atom stereocenters. The van der Waals surface area contributed by atoms with Gasteiger partial charge in [-0.05, 0) is 37.1 Å². The Morgan fingerprint density at radius 2 is 1.79 bits per heavy atom. The Hall–Kier alpha value is -2.61. The molecule has 1 aromatic carbocycles. The summed E-state index contributed by atoms with van der Waals surface area (Å²) in [5.74, 6) is -1.26. The lowest BCUT2D eigenvalue weighted by Gasteiger charge is -2.19. The molecule has 146 valence electrons. The summed E-state index contributed by atoms with van der Waals surface area (Å²) in [7, 11) is 0. The van der Waals surface area contributed by atoms with Crippen molar-refractivity contribution in [1.29, 1.82) is 0 Å². The molecule has 1 N–H and O–H groups in total. The molecule has 8 heteroatoms. The van der Waals surface area contributed by atoms with Crippen molar-refractivity contribution < 1.29 is 18.8 Å². The van der Waals surface area contributed by atoms with Crippen LogP contribution in [0.2, 0.25) is 0 Å². The number of aromatic nitrogens is 1. The van der Waals surface area contributed by atoms with Gasteiger partial charge in [-0.25, -0.2) is 9.37 Å². The molecule has 3 amide bonds. The van der Waals surface area contributed by atoms with Gasteiger partial charge >= 0.3 is 0 Å². The van der Waals surface area contributed by atoms with Crippen LogP contribution in [0.1, 0.15) is 32.1 Å². The van der Waals surface area contributed by atoms with E-state index in [2.05, 4.69) is 10.3 Å². The molecule has 1 aliphatic carbocycles. The van der Waals surface area contributed by atoms with E-state index in [1.807, 2.05) is 0 Å². The summed E-state index contributed by atoms with van der Waals surface area (Å²) in [6.07, 6.45) is 3.54. The van der Waals surface area contributed by atoms with Gasteiger partial charge in [-0.15, -0.1) is 11.3 Å². The van der Waals surface area contributed by atoms with Crippen molar-refractivity contribution in [2.45, 2.75) is 32.1 Å². The van der Waals surface area contributed by atoms with Crippen LogP contribution >= 0.6 is 11.3 Å². The third-order valence-corrected chi connectivity index (χ3v) is 6.14. The zero-order chi connectivity index (χ0) is 19.7. The van der Waals surface area contributed by atoms with E-state index in [4.69, 9.17) is 0 Å². The Morgan fingerprint density at radius 3 is 2.43 bits per heavy atom. The summed E-state index contributed by atoms with van der Waals surface area (Å²) >= 11 is 1.27. The molecule has 2 fully saturated rings. The predicted octanol–water partition coefficient (Wildman–Crippen LogP) is 3.45. The van der Waals surface area contributed by atoms with Gasteiger partial charge in [0.05, 0.1) is 17.5 Å². The first-order valence-electron chi connectivity index (χ1n) is 9.39. The van der Waals surface area contributed by atoms with E-state index in [-0.39, 0.29) is 48.3 Å². The van der Waals surface area contributed by atoms with Crippen molar-refractivity contribution in [2.75, 3.05) is 11.9 Å². The second-order valence-electron chi connectivity index (χ2n) is 7.17. The number of rotatable bonds is 5. The molecule has 2 heterocycles. The normalized spacial score (nSPS) is 21.7. The van der Waals surface area contributed by atoms with Crippen LogP contribution in [0.4, 0.5) is 9.52 Å². The van der Waals surface area contributed by atoms with Gasteiger partial charge < -0.3 is 5.32 Å². The van der Waals surface area contributed by atoms with Crippen LogP contribution in [0, 0.1) is 17.7 Å². The first-order valence-corrected chi connectivity index (χ1v) is 10.3. The number of likely N-dealkylation sites (tertiary alicyclic amines) is 1. The number of nitrogens with zero attached hydrogens (tertiary/aromatic N) is 2. The van der Waals surface area contributed by atoms with Crippen molar-refractivity contribution in [1.82, 2.24) is 9.88 Å². The lowest BCUT2D eigenvalue weighted by molar-refractivity contribution is -0.140. The number of nitrogens with one attached hydrogen (secondary N) is 1. The lowest BCUT2D eigenvalue weighted by atomic mass is 9.81. The lowest BCUT2D eigenvalue weighted by Crippen LogP contribution is -2.34. The Balaban J connectivity index is 1.33. The van der Waals surface area contributed by atoms with E-state index in [1.54, 1.807) is 17.5 Å². The first-order chi connectivity index (χ1) is 13.5. The van der Waals surface area contributed by atoms with Crippen LogP contribution in [-0.4, -0.2) is 34.2 Å². The van der Waals surface area contributed by atoms with Crippen LogP contribution in [0.25, 0.3) is 11.3 Å². The minimum atomic E-state index is -0.321. The van der Waals surface area contributed by atoms with Crippen LogP contribution < -0.4 is 5.32 Å². The molecule has 1 aliphatic heterocycles. The topological polar surface area (TPSA) is 79.4 Å². The van der Waals surface area contributed by atoms with E-state index in [0.29, 0.717) is 10.8 Å². The van der Waals surface area contributed by atoms with Gasteiger partial charge in [0.25, 0.3) is 0 Å². The van der Waals surface area contributed by atoms with Crippen LogP contribution in [0.5, 0.6) is 0 Å². The van der Waals surface area contributed by atoms with Crippen molar-refractivity contribution >= 4 is 34.2 Å². The van der Waals surface area contributed by atoms with Gasteiger partial charge in [0.2, 0.25) is 17.7 Å². The van der Waals surface area contributed by atoms with Gasteiger partial charge in [-0.3, -0.25) is 19.3 Å². The van der Waals surface area contributed by atoms with Crippen LogP contribution in [0.15, 0.2) is 29.6 Å². The number of benzene rings is 1. The fourth-order valence-corrected chi connectivity index (χ4v) is 4.67. The number of anilines is 1. The van der Waals surface area contributed by atoms with Crippen molar-refractivity contribution in [3.63, 3.8) is 0 Å². The number of carbonyl (C=O) groups excluding carboxylic acids is 3.